The summed E-state index contributed by atoms with van der Waals surface area (Å²) in [6, 6.07) is 6.28. The average molecular weight is 390 g/mol. The van der Waals surface area contributed by atoms with Gasteiger partial charge in [-0.15, -0.1) is 0 Å². The largest absolute Gasteiger partial charge is 0.494 e. The number of rotatable bonds is 5. The lowest BCUT2D eigenvalue weighted by molar-refractivity contribution is 0.0697. The van der Waals surface area contributed by atoms with Crippen LogP contribution in [0.1, 0.15) is 15.9 Å². The number of carboxylic acid groups (broad SMARTS) is 1. The summed E-state index contributed by atoms with van der Waals surface area (Å²) in [6.07, 6.45) is 1.46. The first-order valence-corrected chi connectivity index (χ1v) is 9.27. The Balaban J connectivity index is 2.50. The van der Waals surface area contributed by atoms with Crippen molar-refractivity contribution in [2.45, 2.75) is 6.92 Å². The number of benzene rings is 1. The molecular weight excluding hydrogens is 372 g/mol. The van der Waals surface area contributed by atoms with Gasteiger partial charge in [-0.25, -0.2) is 13.8 Å². The maximum atomic E-state index is 13.0. The molecule has 0 aliphatic rings. The molecule has 0 unspecified atom stereocenters. The van der Waals surface area contributed by atoms with Crippen molar-refractivity contribution in [3.05, 3.63) is 41.6 Å². The smallest absolute Gasteiger partial charge is 0.338 e. The van der Waals surface area contributed by atoms with Crippen LogP contribution in [0.15, 0.2) is 30.5 Å². The molecule has 0 atom stereocenters. The first kappa shape index (κ1) is 18.8. The van der Waals surface area contributed by atoms with E-state index in [-0.39, 0.29) is 22.6 Å². The lowest BCUT2D eigenvalue weighted by atomic mass is 10.1. The van der Waals surface area contributed by atoms with Crippen molar-refractivity contribution in [3.63, 3.8) is 0 Å². The van der Waals surface area contributed by atoms with Gasteiger partial charge >= 0.3 is 16.2 Å². The number of pyridine rings is 1. The summed E-state index contributed by atoms with van der Waals surface area (Å²) in [5, 5.41) is 9.57. The molecule has 142 valence electrons. The van der Waals surface area contributed by atoms with E-state index in [1.807, 2.05) is 0 Å². The number of ether oxygens (including phenoxy) is 1. The quantitative estimate of drug-likeness (QED) is 0.706. The van der Waals surface area contributed by atoms with Crippen LogP contribution < -0.4 is 4.74 Å². The SMILES string of the molecule is COc1cccc2c1nc(-c1ncc(C)cc1C(=O)O)n2S(=O)(=O)N(C)C. The minimum absolute atomic E-state index is 0.0446. The Hall–Kier alpha value is -2.98. The van der Waals surface area contributed by atoms with E-state index in [0.29, 0.717) is 16.8 Å². The first-order chi connectivity index (χ1) is 12.7. The number of carbonyl (C=O) groups is 1. The molecule has 0 saturated carbocycles. The van der Waals surface area contributed by atoms with Crippen molar-refractivity contribution in [2.75, 3.05) is 21.2 Å². The third-order valence-corrected chi connectivity index (χ3v) is 5.74. The molecule has 0 aliphatic heterocycles. The molecule has 27 heavy (non-hydrogen) atoms. The van der Waals surface area contributed by atoms with E-state index in [0.717, 1.165) is 8.28 Å². The van der Waals surface area contributed by atoms with Crippen LogP contribution in [0.4, 0.5) is 0 Å². The second-order valence-electron chi connectivity index (χ2n) is 6.03. The zero-order valence-electron chi connectivity index (χ0n) is 15.2. The van der Waals surface area contributed by atoms with Gasteiger partial charge in [0.2, 0.25) is 0 Å². The second-order valence-corrected chi connectivity index (χ2v) is 8.02. The molecule has 0 aliphatic carbocycles. The van der Waals surface area contributed by atoms with Crippen LogP contribution in [-0.2, 0) is 10.2 Å². The summed E-state index contributed by atoms with van der Waals surface area (Å²) in [6.45, 7) is 1.70. The zero-order chi connectivity index (χ0) is 19.9. The Morgan fingerprint density at radius 2 is 2.00 bits per heavy atom. The van der Waals surface area contributed by atoms with Gasteiger partial charge in [0, 0.05) is 20.3 Å². The van der Waals surface area contributed by atoms with Crippen molar-refractivity contribution < 1.29 is 23.1 Å². The molecule has 0 saturated heterocycles. The molecule has 0 bridgehead atoms. The maximum Gasteiger partial charge on any atom is 0.338 e. The second kappa shape index (κ2) is 6.63. The van der Waals surface area contributed by atoms with Gasteiger partial charge in [0.25, 0.3) is 0 Å². The number of para-hydroxylation sites is 1. The molecule has 10 heteroatoms. The van der Waals surface area contributed by atoms with Crippen molar-refractivity contribution in [3.8, 4) is 17.3 Å². The van der Waals surface area contributed by atoms with Crippen molar-refractivity contribution in [2.24, 2.45) is 0 Å². The van der Waals surface area contributed by atoms with Crippen molar-refractivity contribution in [1.29, 1.82) is 0 Å². The van der Waals surface area contributed by atoms with Gasteiger partial charge in [-0.3, -0.25) is 4.98 Å². The van der Waals surface area contributed by atoms with Crippen LogP contribution in [0.2, 0.25) is 0 Å². The fourth-order valence-corrected chi connectivity index (χ4v) is 3.74. The molecule has 3 aromatic rings. The number of carboxylic acids is 1. The number of imidazole rings is 1. The Morgan fingerprint density at radius 1 is 1.30 bits per heavy atom. The Kier molecular flexibility index (Phi) is 4.62. The number of aromatic carboxylic acids is 1. The van der Waals surface area contributed by atoms with Crippen LogP contribution in [-0.4, -0.2) is 58.9 Å². The first-order valence-electron chi connectivity index (χ1n) is 7.87. The van der Waals surface area contributed by atoms with Crippen LogP contribution in [0.5, 0.6) is 5.75 Å². The van der Waals surface area contributed by atoms with Gasteiger partial charge in [0.15, 0.2) is 5.82 Å². The van der Waals surface area contributed by atoms with Crippen LogP contribution >= 0.6 is 0 Å². The minimum Gasteiger partial charge on any atom is -0.494 e. The van der Waals surface area contributed by atoms with Crippen LogP contribution in [0.25, 0.3) is 22.6 Å². The van der Waals surface area contributed by atoms with Gasteiger partial charge in [-0.05, 0) is 30.7 Å². The lowest BCUT2D eigenvalue weighted by Gasteiger charge is -2.16. The molecular formula is C17H18N4O5S. The van der Waals surface area contributed by atoms with Gasteiger partial charge in [-0.2, -0.15) is 12.7 Å². The van der Waals surface area contributed by atoms with E-state index in [1.54, 1.807) is 25.1 Å². The number of aryl methyl sites for hydroxylation is 1. The third kappa shape index (κ3) is 3.02. The van der Waals surface area contributed by atoms with E-state index in [9.17, 15) is 18.3 Å². The Bertz CT molecular complexity index is 1150. The summed E-state index contributed by atoms with van der Waals surface area (Å²) in [7, 11) is 0.189. The monoisotopic (exact) mass is 390 g/mol. The molecule has 2 aromatic heterocycles. The molecule has 0 amide bonds. The van der Waals surface area contributed by atoms with Crippen LogP contribution in [0, 0.1) is 6.92 Å². The highest BCUT2D eigenvalue weighted by molar-refractivity contribution is 7.87. The summed E-state index contributed by atoms with van der Waals surface area (Å²) >= 11 is 0. The van der Waals surface area contributed by atoms with Crippen molar-refractivity contribution in [1.82, 2.24) is 18.2 Å². The molecule has 2 heterocycles. The number of fused-ring (bicyclic) bond motifs is 1. The highest BCUT2D eigenvalue weighted by Gasteiger charge is 2.29. The predicted molar refractivity (Wildman–Crippen MR) is 99.2 cm³/mol. The van der Waals surface area contributed by atoms with Crippen LogP contribution in [0.3, 0.4) is 0 Å². The summed E-state index contributed by atoms with van der Waals surface area (Å²) in [5.74, 6) is -0.958. The van der Waals surface area contributed by atoms with Gasteiger partial charge < -0.3 is 9.84 Å². The standard InChI is InChI=1S/C17H18N4O5S/c1-10-8-11(17(22)23)14(18-9-10)16-19-15-12(6-5-7-13(15)26-4)21(16)27(24,25)20(2)3/h5-9H,1-4H3,(H,22,23). The van der Waals surface area contributed by atoms with Gasteiger partial charge in [0.05, 0.1) is 18.2 Å². The normalized spacial score (nSPS) is 11.9. The third-order valence-electron chi connectivity index (χ3n) is 3.99. The Morgan fingerprint density at radius 3 is 2.59 bits per heavy atom. The molecule has 0 fully saturated rings. The highest BCUT2D eigenvalue weighted by atomic mass is 32.2. The number of nitrogens with zero attached hydrogens (tertiary/aromatic N) is 4. The van der Waals surface area contributed by atoms with Gasteiger partial charge in [0.1, 0.15) is 17.0 Å². The summed E-state index contributed by atoms with van der Waals surface area (Å²) in [4.78, 5) is 20.3. The Labute approximate surface area is 156 Å². The van der Waals surface area contributed by atoms with E-state index in [1.165, 1.54) is 33.5 Å². The number of hydrogen-bond donors (Lipinski definition) is 1. The van der Waals surface area contributed by atoms with Crippen molar-refractivity contribution >= 4 is 27.2 Å². The lowest BCUT2D eigenvalue weighted by Crippen LogP contribution is -2.29. The van der Waals surface area contributed by atoms with Gasteiger partial charge in [-0.1, -0.05) is 6.07 Å². The highest BCUT2D eigenvalue weighted by Crippen LogP contribution is 2.33. The molecule has 3 rings (SSSR count). The molecule has 1 N–H and O–H groups in total. The van der Waals surface area contributed by atoms with E-state index >= 15 is 0 Å². The average Bonchev–Trinajstić information content (AvgIpc) is 3.01. The maximum absolute atomic E-state index is 13.0. The minimum atomic E-state index is -4.02. The zero-order valence-corrected chi connectivity index (χ0v) is 16.0. The molecule has 0 radical (unpaired) electrons. The molecule has 0 spiro atoms. The topological polar surface area (TPSA) is 115 Å². The van der Waals surface area contributed by atoms with E-state index in [4.69, 9.17) is 4.74 Å². The number of methoxy groups -OCH3 is 1. The molecule has 9 nitrogen and oxygen atoms in total. The fraction of sp³-hybridized carbons (Fsp3) is 0.235. The number of hydrogen-bond acceptors (Lipinski definition) is 6. The molecule has 1 aromatic carbocycles. The predicted octanol–water partition coefficient (Wildman–Crippen LogP) is 1.77. The summed E-state index contributed by atoms with van der Waals surface area (Å²) < 4.78 is 33.2. The fourth-order valence-electron chi connectivity index (χ4n) is 2.67. The number of aromatic nitrogens is 3. The summed E-state index contributed by atoms with van der Waals surface area (Å²) in [5.41, 5.74) is 0.999. The van der Waals surface area contributed by atoms with E-state index in [2.05, 4.69) is 9.97 Å². The van der Waals surface area contributed by atoms with E-state index < -0.39 is 16.2 Å².